The highest BCUT2D eigenvalue weighted by atomic mass is 14.1. The third kappa shape index (κ3) is 2.23. The minimum absolute atomic E-state index is 0.921. The Bertz CT molecular complexity index is 264. The fourth-order valence-corrected chi connectivity index (χ4v) is 1.40. The first kappa shape index (κ1) is 9.05. The first-order valence-electron chi connectivity index (χ1n) is 4.28. The van der Waals surface area contributed by atoms with Gasteiger partial charge in [0.2, 0.25) is 0 Å². The molecule has 12 heavy (non-hydrogen) atoms. The van der Waals surface area contributed by atoms with E-state index in [-0.39, 0.29) is 0 Å². The standard InChI is InChI=1S/C12H16/c1-9-5-6-11(3)12(4)8-10(2)7-9/h5H,2-4,6-8H2,1H3/b9-5-. The zero-order valence-corrected chi connectivity index (χ0v) is 7.82. The van der Waals surface area contributed by atoms with Crippen LogP contribution in [0.5, 0.6) is 0 Å². The van der Waals surface area contributed by atoms with Gasteiger partial charge in [0.1, 0.15) is 0 Å². The molecule has 64 valence electrons. The van der Waals surface area contributed by atoms with Crippen molar-refractivity contribution in [2.24, 2.45) is 0 Å². The maximum absolute atomic E-state index is 4.01. The second-order valence-corrected chi connectivity index (χ2v) is 3.57. The molecule has 0 aromatic heterocycles. The van der Waals surface area contributed by atoms with Crippen LogP contribution in [-0.4, -0.2) is 0 Å². The van der Waals surface area contributed by atoms with Crippen molar-refractivity contribution in [1.82, 2.24) is 0 Å². The molecule has 0 saturated carbocycles. The molecule has 0 heteroatoms. The Morgan fingerprint density at radius 3 is 2.42 bits per heavy atom. The van der Waals surface area contributed by atoms with Gasteiger partial charge in [-0.2, -0.15) is 0 Å². The van der Waals surface area contributed by atoms with Gasteiger partial charge in [0.25, 0.3) is 0 Å². The first-order valence-corrected chi connectivity index (χ1v) is 4.28. The molecule has 0 amide bonds. The highest BCUT2D eigenvalue weighted by molar-refractivity contribution is 5.34. The van der Waals surface area contributed by atoms with Crippen molar-refractivity contribution in [3.05, 3.63) is 48.1 Å². The minimum Gasteiger partial charge on any atom is -0.0992 e. The topological polar surface area (TPSA) is 0 Å². The molecule has 0 bridgehead atoms. The molecule has 0 atom stereocenters. The summed E-state index contributed by atoms with van der Waals surface area (Å²) in [5.41, 5.74) is 4.93. The lowest BCUT2D eigenvalue weighted by atomic mass is 9.92. The van der Waals surface area contributed by atoms with Crippen LogP contribution in [0.3, 0.4) is 0 Å². The van der Waals surface area contributed by atoms with Crippen molar-refractivity contribution in [1.29, 1.82) is 0 Å². The van der Waals surface area contributed by atoms with Gasteiger partial charge in [-0.15, -0.1) is 0 Å². The molecule has 0 fully saturated rings. The van der Waals surface area contributed by atoms with Gasteiger partial charge < -0.3 is 0 Å². The smallest absolute Gasteiger partial charge is 0.00698 e. The van der Waals surface area contributed by atoms with E-state index in [9.17, 15) is 0 Å². The largest absolute Gasteiger partial charge is 0.0992 e. The van der Waals surface area contributed by atoms with Crippen molar-refractivity contribution >= 4 is 0 Å². The van der Waals surface area contributed by atoms with E-state index < -0.39 is 0 Å². The van der Waals surface area contributed by atoms with Gasteiger partial charge in [-0.05, 0) is 37.3 Å². The van der Waals surface area contributed by atoms with E-state index >= 15 is 0 Å². The second-order valence-electron chi connectivity index (χ2n) is 3.57. The predicted molar refractivity (Wildman–Crippen MR) is 55.0 cm³/mol. The number of rotatable bonds is 0. The molecule has 0 spiro atoms. The monoisotopic (exact) mass is 160 g/mol. The van der Waals surface area contributed by atoms with Crippen LogP contribution >= 0.6 is 0 Å². The fraction of sp³-hybridized carbons (Fsp3) is 0.333. The maximum atomic E-state index is 4.01. The van der Waals surface area contributed by atoms with Crippen LogP contribution in [0, 0.1) is 0 Å². The summed E-state index contributed by atoms with van der Waals surface area (Å²) < 4.78 is 0. The molecular formula is C12H16. The van der Waals surface area contributed by atoms with E-state index in [0.29, 0.717) is 0 Å². The number of hydrogen-bond donors (Lipinski definition) is 0. The molecule has 0 aliphatic heterocycles. The average Bonchev–Trinajstić information content (AvgIpc) is 1.98. The summed E-state index contributed by atoms with van der Waals surface area (Å²) in [5.74, 6) is 0. The highest BCUT2D eigenvalue weighted by Crippen LogP contribution is 2.25. The van der Waals surface area contributed by atoms with Crippen LogP contribution in [0.25, 0.3) is 0 Å². The van der Waals surface area contributed by atoms with Crippen LogP contribution in [0.1, 0.15) is 26.2 Å². The molecule has 1 aliphatic carbocycles. The Morgan fingerprint density at radius 2 is 1.75 bits per heavy atom. The summed E-state index contributed by atoms with van der Waals surface area (Å²) in [5, 5.41) is 0. The van der Waals surface area contributed by atoms with Gasteiger partial charge in [-0.3, -0.25) is 0 Å². The van der Waals surface area contributed by atoms with E-state index in [1.807, 2.05) is 0 Å². The zero-order chi connectivity index (χ0) is 9.14. The van der Waals surface area contributed by atoms with Crippen LogP contribution in [0.2, 0.25) is 0 Å². The lowest BCUT2D eigenvalue weighted by molar-refractivity contribution is 0.969. The summed E-state index contributed by atoms with van der Waals surface area (Å²) >= 11 is 0. The molecule has 0 saturated heterocycles. The van der Waals surface area contributed by atoms with E-state index in [4.69, 9.17) is 0 Å². The first-order chi connectivity index (χ1) is 5.59. The lowest BCUT2D eigenvalue weighted by Gasteiger charge is -2.14. The molecule has 0 nitrogen and oxygen atoms in total. The highest BCUT2D eigenvalue weighted by Gasteiger charge is 2.06. The van der Waals surface area contributed by atoms with Crippen LogP contribution < -0.4 is 0 Å². The van der Waals surface area contributed by atoms with Crippen molar-refractivity contribution in [2.45, 2.75) is 26.2 Å². The Hall–Kier alpha value is -1.04. The van der Waals surface area contributed by atoms with Crippen LogP contribution in [-0.2, 0) is 0 Å². The molecule has 0 N–H and O–H groups in total. The fourth-order valence-electron chi connectivity index (χ4n) is 1.40. The zero-order valence-electron chi connectivity index (χ0n) is 7.82. The molecule has 0 radical (unpaired) electrons. The predicted octanol–water partition coefficient (Wildman–Crippen LogP) is 3.79. The maximum Gasteiger partial charge on any atom is -0.00698 e. The van der Waals surface area contributed by atoms with E-state index in [2.05, 4.69) is 32.7 Å². The Kier molecular flexibility index (Phi) is 2.69. The Labute approximate surface area is 75.0 Å². The molecule has 0 aromatic carbocycles. The number of allylic oxidation sites excluding steroid dienone is 5. The summed E-state index contributed by atoms with van der Waals surface area (Å²) in [6.07, 6.45) is 5.12. The van der Waals surface area contributed by atoms with Crippen molar-refractivity contribution in [3.63, 3.8) is 0 Å². The minimum atomic E-state index is 0.921. The lowest BCUT2D eigenvalue weighted by Crippen LogP contribution is -1.94. The quantitative estimate of drug-likeness (QED) is 0.473. The summed E-state index contributed by atoms with van der Waals surface area (Å²) in [6.45, 7) is 14.1. The van der Waals surface area contributed by atoms with Crippen molar-refractivity contribution in [3.8, 4) is 0 Å². The molecular weight excluding hydrogens is 144 g/mol. The summed E-state index contributed by atoms with van der Waals surface area (Å²) in [7, 11) is 0. The van der Waals surface area contributed by atoms with Crippen molar-refractivity contribution in [2.75, 3.05) is 0 Å². The molecule has 0 aromatic rings. The SMILES string of the molecule is C=C1CC(=C)C(=C)C/C=C(/C)C1. The van der Waals surface area contributed by atoms with Gasteiger partial charge in [0.05, 0.1) is 0 Å². The van der Waals surface area contributed by atoms with Gasteiger partial charge in [0.15, 0.2) is 0 Å². The molecule has 0 unspecified atom stereocenters. The van der Waals surface area contributed by atoms with E-state index in [0.717, 1.165) is 30.4 Å². The van der Waals surface area contributed by atoms with E-state index in [1.165, 1.54) is 11.1 Å². The third-order valence-corrected chi connectivity index (χ3v) is 2.19. The van der Waals surface area contributed by atoms with Gasteiger partial charge in [0, 0.05) is 0 Å². The van der Waals surface area contributed by atoms with Gasteiger partial charge in [-0.25, -0.2) is 0 Å². The van der Waals surface area contributed by atoms with Gasteiger partial charge >= 0.3 is 0 Å². The van der Waals surface area contributed by atoms with Crippen LogP contribution in [0.15, 0.2) is 48.1 Å². The second kappa shape index (κ2) is 3.57. The number of hydrogen-bond acceptors (Lipinski definition) is 0. The average molecular weight is 160 g/mol. The molecule has 0 heterocycles. The Morgan fingerprint density at radius 1 is 1.08 bits per heavy atom. The third-order valence-electron chi connectivity index (χ3n) is 2.19. The molecule has 1 aliphatic rings. The van der Waals surface area contributed by atoms with E-state index in [1.54, 1.807) is 0 Å². The Balaban J connectivity index is 2.82. The van der Waals surface area contributed by atoms with Crippen LogP contribution in [0.4, 0.5) is 0 Å². The van der Waals surface area contributed by atoms with Crippen molar-refractivity contribution < 1.29 is 0 Å². The summed E-state index contributed by atoms with van der Waals surface area (Å²) in [4.78, 5) is 0. The normalized spacial score (nSPS) is 24.4. The molecule has 1 rings (SSSR count). The van der Waals surface area contributed by atoms with Gasteiger partial charge in [-0.1, -0.05) is 37.0 Å². The summed E-state index contributed by atoms with van der Waals surface area (Å²) in [6, 6.07) is 0.